The molecule has 1 aliphatic rings. The topological polar surface area (TPSA) is 58.6 Å². The number of hydrogen-bond donors (Lipinski definition) is 2. The minimum Gasteiger partial charge on any atom is -0.507 e. The number of alkyl halides is 1. The fourth-order valence-electron chi connectivity index (χ4n) is 2.29. The third-order valence-corrected chi connectivity index (χ3v) is 4.36. The molecule has 1 saturated carbocycles. The monoisotopic (exact) mass is 327 g/mol. The summed E-state index contributed by atoms with van der Waals surface area (Å²) in [4.78, 5) is 12.7. The minimum atomic E-state index is -0.224. The zero-order valence-electron chi connectivity index (χ0n) is 10.9. The lowest BCUT2D eigenvalue weighted by atomic mass is 9.95. The molecule has 1 aliphatic carbocycles. The van der Waals surface area contributed by atoms with Crippen LogP contribution in [-0.2, 0) is 0 Å². The lowest BCUT2D eigenvalue weighted by Crippen LogP contribution is -2.37. The Balaban J connectivity index is 2.00. The molecule has 2 rings (SSSR count). The Morgan fingerprint density at radius 3 is 2.63 bits per heavy atom. The van der Waals surface area contributed by atoms with Crippen molar-refractivity contribution in [1.29, 1.82) is 0 Å². The van der Waals surface area contributed by atoms with Crippen molar-refractivity contribution < 1.29 is 14.6 Å². The van der Waals surface area contributed by atoms with E-state index in [1.807, 2.05) is 0 Å². The second-order valence-corrected chi connectivity index (χ2v) is 6.10. The van der Waals surface area contributed by atoms with Crippen molar-refractivity contribution in [3.8, 4) is 11.5 Å². The first-order chi connectivity index (χ1) is 9.10. The zero-order valence-corrected chi connectivity index (χ0v) is 12.4. The van der Waals surface area contributed by atoms with Crippen molar-refractivity contribution in [2.45, 2.75) is 36.6 Å². The van der Waals surface area contributed by atoms with E-state index in [1.165, 1.54) is 13.2 Å². The van der Waals surface area contributed by atoms with Crippen LogP contribution in [0.1, 0.15) is 36.0 Å². The van der Waals surface area contributed by atoms with Gasteiger partial charge in [-0.1, -0.05) is 15.9 Å². The Labute approximate surface area is 121 Å². The van der Waals surface area contributed by atoms with Crippen LogP contribution in [0.3, 0.4) is 0 Å². The van der Waals surface area contributed by atoms with Gasteiger partial charge in [-0.25, -0.2) is 0 Å². The van der Waals surface area contributed by atoms with Gasteiger partial charge in [0.15, 0.2) is 0 Å². The molecule has 1 fully saturated rings. The van der Waals surface area contributed by atoms with Crippen LogP contribution in [-0.4, -0.2) is 29.0 Å². The molecule has 0 atom stereocenters. The number of phenolic OH excluding ortho intramolecular Hbond substituents is 1. The molecule has 0 unspecified atom stereocenters. The number of methoxy groups -OCH3 is 1. The predicted octanol–water partition coefficient (Wildman–Crippen LogP) is 2.84. The number of benzene rings is 1. The van der Waals surface area contributed by atoms with Crippen LogP contribution in [0.25, 0.3) is 0 Å². The number of carbonyl (C=O) groups is 1. The number of carbonyl (C=O) groups excluding carboxylic acids is 1. The van der Waals surface area contributed by atoms with Crippen LogP contribution in [0.4, 0.5) is 0 Å². The molecule has 0 spiro atoms. The summed E-state index contributed by atoms with van der Waals surface area (Å²) < 4.78 is 4.99. The van der Waals surface area contributed by atoms with E-state index in [4.69, 9.17) is 4.74 Å². The molecule has 4 nitrogen and oxygen atoms in total. The molecular formula is C14H18BrNO3. The average molecular weight is 328 g/mol. The third-order valence-electron chi connectivity index (χ3n) is 3.44. The highest BCUT2D eigenvalue weighted by atomic mass is 79.9. The summed E-state index contributed by atoms with van der Waals surface area (Å²) in [6.07, 6.45) is 4.08. The maximum atomic E-state index is 12.1. The molecule has 1 aromatic rings. The average Bonchev–Trinajstić information content (AvgIpc) is 2.41. The maximum absolute atomic E-state index is 12.1. The van der Waals surface area contributed by atoms with E-state index in [9.17, 15) is 9.90 Å². The van der Waals surface area contributed by atoms with Gasteiger partial charge in [-0.05, 0) is 37.8 Å². The van der Waals surface area contributed by atoms with Gasteiger partial charge in [-0.15, -0.1) is 0 Å². The molecule has 1 aromatic carbocycles. The predicted molar refractivity (Wildman–Crippen MR) is 77.1 cm³/mol. The molecule has 0 aromatic heterocycles. The molecular weight excluding hydrogens is 310 g/mol. The van der Waals surface area contributed by atoms with Gasteiger partial charge in [0, 0.05) is 16.9 Å². The van der Waals surface area contributed by atoms with Gasteiger partial charge >= 0.3 is 0 Å². The number of halogens is 1. The van der Waals surface area contributed by atoms with E-state index < -0.39 is 0 Å². The number of hydrogen-bond acceptors (Lipinski definition) is 3. The van der Waals surface area contributed by atoms with Gasteiger partial charge in [0.1, 0.15) is 11.5 Å². The van der Waals surface area contributed by atoms with Gasteiger partial charge in [0.05, 0.1) is 12.7 Å². The van der Waals surface area contributed by atoms with Gasteiger partial charge in [-0.3, -0.25) is 4.79 Å². The van der Waals surface area contributed by atoms with E-state index in [0.717, 1.165) is 25.7 Å². The van der Waals surface area contributed by atoms with Crippen LogP contribution >= 0.6 is 15.9 Å². The fourth-order valence-corrected chi connectivity index (χ4v) is 2.82. The summed E-state index contributed by atoms with van der Waals surface area (Å²) in [6.45, 7) is 0. The van der Waals surface area contributed by atoms with Crippen molar-refractivity contribution in [1.82, 2.24) is 5.32 Å². The molecule has 0 heterocycles. The normalized spacial score (nSPS) is 22.8. The van der Waals surface area contributed by atoms with Crippen molar-refractivity contribution in [2.24, 2.45) is 0 Å². The summed E-state index contributed by atoms with van der Waals surface area (Å²) in [6, 6.07) is 4.90. The van der Waals surface area contributed by atoms with Crippen LogP contribution in [0, 0.1) is 0 Å². The highest BCUT2D eigenvalue weighted by Gasteiger charge is 2.22. The summed E-state index contributed by atoms with van der Waals surface area (Å²) in [5.41, 5.74) is 0.293. The summed E-state index contributed by atoms with van der Waals surface area (Å²) in [5, 5.41) is 12.8. The molecule has 1 amide bonds. The van der Waals surface area contributed by atoms with Crippen LogP contribution in [0.15, 0.2) is 18.2 Å². The molecule has 0 aliphatic heterocycles. The first-order valence-corrected chi connectivity index (χ1v) is 7.33. The van der Waals surface area contributed by atoms with Crippen LogP contribution in [0.2, 0.25) is 0 Å². The molecule has 104 valence electrons. The second-order valence-electron chi connectivity index (χ2n) is 4.81. The zero-order chi connectivity index (χ0) is 13.8. The van der Waals surface area contributed by atoms with Gasteiger partial charge in [-0.2, -0.15) is 0 Å². The Hall–Kier alpha value is -1.23. The lowest BCUT2D eigenvalue weighted by molar-refractivity contribution is 0.0925. The molecule has 19 heavy (non-hydrogen) atoms. The Morgan fingerprint density at radius 1 is 1.37 bits per heavy atom. The molecule has 0 radical (unpaired) electrons. The minimum absolute atomic E-state index is 0.0500. The summed E-state index contributed by atoms with van der Waals surface area (Å²) >= 11 is 3.59. The number of rotatable bonds is 3. The smallest absolute Gasteiger partial charge is 0.255 e. The van der Waals surface area contributed by atoms with E-state index in [-0.39, 0.29) is 17.7 Å². The van der Waals surface area contributed by atoms with Crippen LogP contribution < -0.4 is 10.1 Å². The summed E-state index contributed by atoms with van der Waals surface area (Å²) in [5.74, 6) is 0.262. The van der Waals surface area contributed by atoms with Gasteiger partial charge < -0.3 is 15.2 Å². The molecule has 0 saturated heterocycles. The SMILES string of the molecule is COc1ccc(C(=O)NC2CCC(Br)CC2)c(O)c1. The van der Waals surface area contributed by atoms with Crippen LogP contribution in [0.5, 0.6) is 11.5 Å². The van der Waals surface area contributed by atoms with Gasteiger partial charge in [0.2, 0.25) is 0 Å². The Bertz CT molecular complexity index is 456. The van der Waals surface area contributed by atoms with Crippen molar-refractivity contribution in [2.75, 3.05) is 7.11 Å². The number of aromatic hydroxyl groups is 1. The van der Waals surface area contributed by atoms with E-state index in [0.29, 0.717) is 16.1 Å². The molecule has 0 bridgehead atoms. The number of nitrogens with one attached hydrogen (secondary N) is 1. The molecule has 2 N–H and O–H groups in total. The van der Waals surface area contributed by atoms with E-state index in [2.05, 4.69) is 21.2 Å². The Morgan fingerprint density at radius 2 is 2.05 bits per heavy atom. The van der Waals surface area contributed by atoms with Crippen molar-refractivity contribution in [3.63, 3.8) is 0 Å². The standard InChI is InChI=1S/C14H18BrNO3/c1-19-11-6-7-12(13(17)8-11)14(18)16-10-4-2-9(15)3-5-10/h6-10,17H,2-5H2,1H3,(H,16,18). The Kier molecular flexibility index (Phi) is 4.69. The van der Waals surface area contributed by atoms with Gasteiger partial charge in [0.25, 0.3) is 5.91 Å². The quantitative estimate of drug-likeness (QED) is 0.839. The van der Waals surface area contributed by atoms with Crippen molar-refractivity contribution >= 4 is 21.8 Å². The number of amides is 1. The fraction of sp³-hybridized carbons (Fsp3) is 0.500. The first-order valence-electron chi connectivity index (χ1n) is 6.42. The third kappa shape index (κ3) is 3.62. The van der Waals surface area contributed by atoms with E-state index in [1.54, 1.807) is 12.1 Å². The second kappa shape index (κ2) is 6.28. The maximum Gasteiger partial charge on any atom is 0.255 e. The largest absolute Gasteiger partial charge is 0.507 e. The van der Waals surface area contributed by atoms with E-state index >= 15 is 0 Å². The highest BCUT2D eigenvalue weighted by molar-refractivity contribution is 9.09. The number of phenols is 1. The molecule has 5 heteroatoms. The summed E-state index contributed by atoms with van der Waals surface area (Å²) in [7, 11) is 1.52. The lowest BCUT2D eigenvalue weighted by Gasteiger charge is -2.26. The first kappa shape index (κ1) is 14.2. The highest BCUT2D eigenvalue weighted by Crippen LogP contribution is 2.26. The van der Waals surface area contributed by atoms with Crippen molar-refractivity contribution in [3.05, 3.63) is 23.8 Å². The number of ether oxygens (including phenoxy) is 1.